The average molecular weight is 434 g/mol. The minimum Gasteiger partial charge on any atom is -0.423 e. The van der Waals surface area contributed by atoms with E-state index in [1.807, 2.05) is 13.0 Å². The third kappa shape index (κ3) is 4.09. The fourth-order valence-electron chi connectivity index (χ4n) is 3.72. The molecule has 0 bridgehead atoms. The molecule has 6 nitrogen and oxygen atoms in total. The number of fused-ring (bicyclic) bond motifs is 1. The molecule has 0 aliphatic carbocycles. The highest BCUT2D eigenvalue weighted by molar-refractivity contribution is 7.89. The van der Waals surface area contributed by atoms with Crippen molar-refractivity contribution in [1.82, 2.24) is 4.31 Å². The van der Waals surface area contributed by atoms with E-state index < -0.39 is 10.0 Å². The Bertz CT molecular complexity index is 1200. The molecule has 29 heavy (non-hydrogen) atoms. The quantitative estimate of drug-likeness (QED) is 0.637. The minimum absolute atomic E-state index is 0.320. The fourth-order valence-corrected chi connectivity index (χ4v) is 5.35. The first-order chi connectivity index (χ1) is 13.8. The Morgan fingerprint density at radius 1 is 1.10 bits per heavy atom. The van der Waals surface area contributed by atoms with Crippen LogP contribution in [0.2, 0.25) is 5.02 Å². The van der Waals surface area contributed by atoms with Gasteiger partial charge in [0.15, 0.2) is 0 Å². The first-order valence-corrected chi connectivity index (χ1v) is 11.3. The van der Waals surface area contributed by atoms with Crippen LogP contribution in [-0.2, 0) is 16.6 Å². The largest absolute Gasteiger partial charge is 0.423 e. The van der Waals surface area contributed by atoms with E-state index in [0.29, 0.717) is 48.2 Å². The summed E-state index contributed by atoms with van der Waals surface area (Å²) in [7, 11) is -3.47. The summed E-state index contributed by atoms with van der Waals surface area (Å²) < 4.78 is 32.4. The van der Waals surface area contributed by atoms with Gasteiger partial charge in [-0.1, -0.05) is 29.8 Å². The van der Waals surface area contributed by atoms with E-state index >= 15 is 0 Å². The van der Waals surface area contributed by atoms with Gasteiger partial charge in [0.2, 0.25) is 10.0 Å². The van der Waals surface area contributed by atoms with E-state index in [1.165, 1.54) is 15.3 Å². The summed E-state index contributed by atoms with van der Waals surface area (Å²) in [4.78, 5) is 13.5. The van der Waals surface area contributed by atoms with Crippen LogP contribution in [0.3, 0.4) is 0 Å². The highest BCUT2D eigenvalue weighted by Gasteiger charge is 2.30. The van der Waals surface area contributed by atoms with Crippen LogP contribution in [0.15, 0.2) is 62.6 Å². The summed E-state index contributed by atoms with van der Waals surface area (Å²) in [6, 6.07) is 13.6. The topological polar surface area (TPSA) is 72.0 Å². The maximum absolute atomic E-state index is 12.8. The molecule has 0 radical (unpaired) electrons. The number of aryl methyl sites for hydroxylation is 1. The van der Waals surface area contributed by atoms with Gasteiger partial charge in [0.1, 0.15) is 12.1 Å². The lowest BCUT2D eigenvalue weighted by molar-refractivity contribution is -0.917. The van der Waals surface area contributed by atoms with Gasteiger partial charge in [-0.3, -0.25) is 0 Å². The molecule has 0 unspecified atom stereocenters. The smallest absolute Gasteiger partial charge is 0.336 e. The second kappa shape index (κ2) is 7.91. The first kappa shape index (κ1) is 20.1. The molecule has 0 spiro atoms. The minimum atomic E-state index is -3.47. The number of hydrogen-bond donors (Lipinski definition) is 1. The molecule has 4 rings (SSSR count). The Labute approximate surface area is 174 Å². The van der Waals surface area contributed by atoms with Crippen molar-refractivity contribution >= 4 is 32.6 Å². The number of rotatable bonds is 4. The number of nitrogens with zero attached hydrogens (tertiary/aromatic N) is 1. The van der Waals surface area contributed by atoms with Crippen LogP contribution in [-0.4, -0.2) is 38.9 Å². The van der Waals surface area contributed by atoms with Gasteiger partial charge in [-0.25, -0.2) is 13.2 Å². The third-order valence-electron chi connectivity index (χ3n) is 5.36. The standard InChI is InChI=1S/C21H21ClN2O4S/c1-15-11-20-18(13-19(15)22)16(12-21(25)28-20)14-23-7-9-24(10-8-23)29(26,27)17-5-3-2-4-6-17/h2-6,11-13H,7-10,14H2,1H3/p+1. The fraction of sp³-hybridized carbons (Fsp3) is 0.286. The monoisotopic (exact) mass is 433 g/mol. The third-order valence-corrected chi connectivity index (χ3v) is 7.68. The van der Waals surface area contributed by atoms with Crippen LogP contribution < -0.4 is 10.5 Å². The Kier molecular flexibility index (Phi) is 5.48. The van der Waals surface area contributed by atoms with E-state index in [4.69, 9.17) is 16.0 Å². The second-order valence-electron chi connectivity index (χ2n) is 7.33. The molecular formula is C21H22ClN2O4S+. The normalized spacial score (nSPS) is 16.3. The van der Waals surface area contributed by atoms with E-state index in [9.17, 15) is 13.2 Å². The van der Waals surface area contributed by atoms with Crippen molar-refractivity contribution in [2.45, 2.75) is 18.4 Å². The number of halogens is 1. The van der Waals surface area contributed by atoms with E-state index in [-0.39, 0.29) is 5.63 Å². The summed E-state index contributed by atoms with van der Waals surface area (Å²) in [6.45, 7) is 4.67. The van der Waals surface area contributed by atoms with Crippen molar-refractivity contribution in [1.29, 1.82) is 0 Å². The van der Waals surface area contributed by atoms with Crippen molar-refractivity contribution in [3.8, 4) is 0 Å². The van der Waals surface area contributed by atoms with Crippen LogP contribution in [0.5, 0.6) is 0 Å². The van der Waals surface area contributed by atoms with Crippen LogP contribution in [0.25, 0.3) is 11.0 Å². The molecule has 1 fully saturated rings. The summed E-state index contributed by atoms with van der Waals surface area (Å²) in [5.74, 6) is 0. The predicted molar refractivity (Wildman–Crippen MR) is 112 cm³/mol. The zero-order valence-electron chi connectivity index (χ0n) is 16.0. The maximum Gasteiger partial charge on any atom is 0.336 e. The molecule has 152 valence electrons. The lowest BCUT2D eigenvalue weighted by Gasteiger charge is -2.31. The number of nitrogens with one attached hydrogen (secondary N) is 1. The van der Waals surface area contributed by atoms with Gasteiger partial charge < -0.3 is 9.32 Å². The molecular weight excluding hydrogens is 412 g/mol. The van der Waals surface area contributed by atoms with Crippen LogP contribution in [0, 0.1) is 6.92 Å². The summed E-state index contributed by atoms with van der Waals surface area (Å²) >= 11 is 6.27. The van der Waals surface area contributed by atoms with Gasteiger partial charge in [-0.15, -0.1) is 0 Å². The van der Waals surface area contributed by atoms with E-state index in [2.05, 4.69) is 0 Å². The van der Waals surface area contributed by atoms with Gasteiger partial charge in [0.05, 0.1) is 31.1 Å². The van der Waals surface area contributed by atoms with Crippen LogP contribution in [0.4, 0.5) is 0 Å². The molecule has 1 aliphatic rings. The molecule has 2 heterocycles. The molecule has 2 aromatic carbocycles. The molecule has 0 saturated carbocycles. The molecule has 0 atom stereocenters. The Balaban J connectivity index is 1.52. The van der Waals surface area contributed by atoms with E-state index in [1.54, 1.807) is 36.4 Å². The Hall–Kier alpha value is -2.19. The zero-order valence-corrected chi connectivity index (χ0v) is 17.6. The highest BCUT2D eigenvalue weighted by Crippen LogP contribution is 2.25. The zero-order chi connectivity index (χ0) is 20.6. The van der Waals surface area contributed by atoms with E-state index in [0.717, 1.165) is 16.5 Å². The van der Waals surface area contributed by atoms with Gasteiger partial charge in [0, 0.05) is 22.0 Å². The summed E-state index contributed by atoms with van der Waals surface area (Å²) in [5, 5.41) is 1.45. The number of sulfonamides is 1. The average Bonchev–Trinajstić information content (AvgIpc) is 2.70. The molecule has 0 amide bonds. The predicted octanol–water partition coefficient (Wildman–Crippen LogP) is 1.84. The second-order valence-corrected chi connectivity index (χ2v) is 9.68. The van der Waals surface area contributed by atoms with Crippen LogP contribution in [0.1, 0.15) is 11.1 Å². The Morgan fingerprint density at radius 2 is 1.79 bits per heavy atom. The van der Waals surface area contributed by atoms with Gasteiger partial charge in [0.25, 0.3) is 0 Å². The molecule has 1 N–H and O–H groups in total. The number of benzene rings is 2. The molecule has 8 heteroatoms. The summed E-state index contributed by atoms with van der Waals surface area (Å²) in [5.41, 5.74) is 1.86. The SMILES string of the molecule is Cc1cc2oc(=O)cc(C[NH+]3CCN(S(=O)(=O)c4ccccc4)CC3)c2cc1Cl. The van der Waals surface area contributed by atoms with Gasteiger partial charge in [-0.05, 0) is 36.8 Å². The summed E-state index contributed by atoms with van der Waals surface area (Å²) in [6.07, 6.45) is 0. The van der Waals surface area contributed by atoms with Crippen molar-refractivity contribution in [3.05, 3.63) is 75.1 Å². The molecule has 1 aromatic heterocycles. The lowest BCUT2D eigenvalue weighted by atomic mass is 10.1. The van der Waals surface area contributed by atoms with Crippen molar-refractivity contribution in [2.24, 2.45) is 0 Å². The van der Waals surface area contributed by atoms with Crippen molar-refractivity contribution in [2.75, 3.05) is 26.2 Å². The lowest BCUT2D eigenvalue weighted by Crippen LogP contribution is -3.13. The maximum atomic E-state index is 12.8. The van der Waals surface area contributed by atoms with Gasteiger partial charge >= 0.3 is 5.63 Å². The number of quaternary nitrogens is 1. The molecule has 3 aromatic rings. The van der Waals surface area contributed by atoms with Gasteiger partial charge in [-0.2, -0.15) is 4.31 Å². The van der Waals surface area contributed by atoms with Crippen LogP contribution >= 0.6 is 11.6 Å². The molecule has 1 saturated heterocycles. The molecule has 1 aliphatic heterocycles. The van der Waals surface area contributed by atoms with Crippen molar-refractivity contribution in [3.63, 3.8) is 0 Å². The Morgan fingerprint density at radius 3 is 2.48 bits per heavy atom. The number of piperazine rings is 1. The van der Waals surface area contributed by atoms with Crippen molar-refractivity contribution < 1.29 is 17.7 Å². The highest BCUT2D eigenvalue weighted by atomic mass is 35.5. The number of hydrogen-bond acceptors (Lipinski definition) is 4. The first-order valence-electron chi connectivity index (χ1n) is 9.46.